The maximum atomic E-state index is 13.0. The van der Waals surface area contributed by atoms with Crippen molar-refractivity contribution >= 4 is 5.91 Å². The van der Waals surface area contributed by atoms with Crippen LogP contribution < -0.4 is 10.5 Å². The Bertz CT molecular complexity index is 510. The maximum absolute atomic E-state index is 13.0. The molecule has 3 rings (SSSR count). The topological polar surface area (TPSA) is 55.6 Å². The third-order valence-corrected chi connectivity index (χ3v) is 5.06. The summed E-state index contributed by atoms with van der Waals surface area (Å²) in [4.78, 5) is 15.1. The van der Waals surface area contributed by atoms with Gasteiger partial charge in [0, 0.05) is 18.5 Å². The summed E-state index contributed by atoms with van der Waals surface area (Å²) in [5.74, 6) is 1.70. The summed E-state index contributed by atoms with van der Waals surface area (Å²) >= 11 is 0. The Morgan fingerprint density at radius 3 is 2.55 bits per heavy atom. The van der Waals surface area contributed by atoms with Crippen molar-refractivity contribution in [2.24, 2.45) is 17.6 Å². The highest BCUT2D eigenvalue weighted by atomic mass is 16.5. The molecular formula is C18H26N2O2. The molecule has 2 aliphatic carbocycles. The number of carbonyl (C=O) groups is 1. The molecule has 1 amide bonds. The van der Waals surface area contributed by atoms with E-state index in [4.69, 9.17) is 10.5 Å². The van der Waals surface area contributed by atoms with Gasteiger partial charge in [-0.05, 0) is 55.8 Å². The molecule has 0 bridgehead atoms. The molecule has 120 valence electrons. The first-order valence-corrected chi connectivity index (χ1v) is 8.36. The Kier molecular flexibility index (Phi) is 4.67. The Hall–Kier alpha value is -1.55. The normalized spacial score (nSPS) is 24.3. The summed E-state index contributed by atoms with van der Waals surface area (Å²) in [6.07, 6.45) is 5.53. The van der Waals surface area contributed by atoms with Gasteiger partial charge in [0.1, 0.15) is 5.75 Å². The standard InChI is InChI=1S/C18H26N2O2/c1-22-16-9-5-13(6-10-16)12-20(15-7-8-15)18(21)17-4-2-3-14(17)11-19/h5-6,9-10,14-15,17H,2-4,7-8,11-12,19H2,1H3/t14-,17-/m1/s1. The van der Waals surface area contributed by atoms with Gasteiger partial charge in [-0.1, -0.05) is 18.6 Å². The molecule has 2 N–H and O–H groups in total. The van der Waals surface area contributed by atoms with E-state index in [0.717, 1.165) is 37.9 Å². The van der Waals surface area contributed by atoms with E-state index in [1.807, 2.05) is 12.1 Å². The summed E-state index contributed by atoms with van der Waals surface area (Å²) in [5, 5.41) is 0. The lowest BCUT2D eigenvalue weighted by molar-refractivity contribution is -0.137. The third kappa shape index (κ3) is 3.27. The molecule has 0 unspecified atom stereocenters. The molecule has 4 nitrogen and oxygen atoms in total. The molecule has 2 atom stereocenters. The average molecular weight is 302 g/mol. The van der Waals surface area contributed by atoms with Crippen molar-refractivity contribution in [2.75, 3.05) is 13.7 Å². The maximum Gasteiger partial charge on any atom is 0.226 e. The minimum Gasteiger partial charge on any atom is -0.497 e. The Morgan fingerprint density at radius 2 is 1.95 bits per heavy atom. The van der Waals surface area contributed by atoms with E-state index in [2.05, 4.69) is 17.0 Å². The largest absolute Gasteiger partial charge is 0.497 e. The minimum atomic E-state index is 0.142. The quantitative estimate of drug-likeness (QED) is 0.878. The lowest BCUT2D eigenvalue weighted by atomic mass is 9.94. The van der Waals surface area contributed by atoms with E-state index < -0.39 is 0 Å². The minimum absolute atomic E-state index is 0.142. The second-order valence-corrected chi connectivity index (χ2v) is 6.58. The third-order valence-electron chi connectivity index (χ3n) is 5.06. The van der Waals surface area contributed by atoms with Gasteiger partial charge >= 0.3 is 0 Å². The summed E-state index contributed by atoms with van der Waals surface area (Å²) in [6, 6.07) is 8.47. The number of nitrogens with zero attached hydrogens (tertiary/aromatic N) is 1. The van der Waals surface area contributed by atoms with Crippen LogP contribution in [0.4, 0.5) is 0 Å². The number of carbonyl (C=O) groups excluding carboxylic acids is 1. The van der Waals surface area contributed by atoms with Gasteiger partial charge in [0.25, 0.3) is 0 Å². The van der Waals surface area contributed by atoms with Crippen LogP contribution in [0.15, 0.2) is 24.3 Å². The van der Waals surface area contributed by atoms with Crippen molar-refractivity contribution in [2.45, 2.75) is 44.7 Å². The Morgan fingerprint density at radius 1 is 1.23 bits per heavy atom. The fourth-order valence-corrected chi connectivity index (χ4v) is 3.56. The highest BCUT2D eigenvalue weighted by molar-refractivity contribution is 5.80. The zero-order chi connectivity index (χ0) is 15.5. The number of amides is 1. The van der Waals surface area contributed by atoms with Crippen molar-refractivity contribution in [1.29, 1.82) is 0 Å². The van der Waals surface area contributed by atoms with Crippen LogP contribution in [-0.2, 0) is 11.3 Å². The number of methoxy groups -OCH3 is 1. The molecule has 0 saturated heterocycles. The number of ether oxygens (including phenoxy) is 1. The van der Waals surface area contributed by atoms with Crippen molar-refractivity contribution in [3.05, 3.63) is 29.8 Å². The van der Waals surface area contributed by atoms with Crippen LogP contribution in [0.2, 0.25) is 0 Å². The first kappa shape index (κ1) is 15.3. The zero-order valence-corrected chi connectivity index (χ0v) is 13.3. The number of rotatable bonds is 6. The highest BCUT2D eigenvalue weighted by Gasteiger charge is 2.40. The second kappa shape index (κ2) is 6.69. The van der Waals surface area contributed by atoms with Gasteiger partial charge < -0.3 is 15.4 Å². The fraction of sp³-hybridized carbons (Fsp3) is 0.611. The zero-order valence-electron chi connectivity index (χ0n) is 13.3. The van der Waals surface area contributed by atoms with Crippen molar-refractivity contribution < 1.29 is 9.53 Å². The molecule has 1 aromatic carbocycles. The van der Waals surface area contributed by atoms with Crippen LogP contribution >= 0.6 is 0 Å². The number of nitrogens with two attached hydrogens (primary N) is 1. The lowest BCUT2D eigenvalue weighted by Crippen LogP contribution is -2.40. The first-order valence-electron chi connectivity index (χ1n) is 8.36. The van der Waals surface area contributed by atoms with E-state index >= 15 is 0 Å². The molecule has 22 heavy (non-hydrogen) atoms. The van der Waals surface area contributed by atoms with Crippen LogP contribution in [0.1, 0.15) is 37.7 Å². The van der Waals surface area contributed by atoms with Crippen molar-refractivity contribution in [3.8, 4) is 5.75 Å². The number of hydrogen-bond donors (Lipinski definition) is 1. The molecule has 2 saturated carbocycles. The predicted molar refractivity (Wildman–Crippen MR) is 86.5 cm³/mol. The van der Waals surface area contributed by atoms with Crippen LogP contribution in [0.25, 0.3) is 0 Å². The van der Waals surface area contributed by atoms with Gasteiger partial charge in [-0.15, -0.1) is 0 Å². The summed E-state index contributed by atoms with van der Waals surface area (Å²) in [7, 11) is 1.67. The highest BCUT2D eigenvalue weighted by Crippen LogP contribution is 2.36. The average Bonchev–Trinajstić information content (AvgIpc) is 3.28. The van der Waals surface area contributed by atoms with Gasteiger partial charge in [0.15, 0.2) is 0 Å². The van der Waals surface area contributed by atoms with Crippen molar-refractivity contribution in [3.63, 3.8) is 0 Å². The van der Waals surface area contributed by atoms with Gasteiger partial charge in [-0.25, -0.2) is 0 Å². The van der Waals surface area contributed by atoms with Gasteiger partial charge in [0.05, 0.1) is 7.11 Å². The summed E-state index contributed by atoms with van der Waals surface area (Å²) in [5.41, 5.74) is 7.02. The van der Waals surface area contributed by atoms with E-state index in [-0.39, 0.29) is 5.92 Å². The fourth-order valence-electron chi connectivity index (χ4n) is 3.56. The summed E-state index contributed by atoms with van der Waals surface area (Å²) in [6.45, 7) is 1.35. The Balaban J connectivity index is 1.70. The summed E-state index contributed by atoms with van der Waals surface area (Å²) < 4.78 is 5.20. The molecule has 0 heterocycles. The molecule has 0 radical (unpaired) electrons. The molecule has 0 aromatic heterocycles. The van der Waals surface area contributed by atoms with Gasteiger partial charge in [-0.2, -0.15) is 0 Å². The molecule has 2 aliphatic rings. The van der Waals surface area contributed by atoms with Crippen molar-refractivity contribution in [1.82, 2.24) is 4.90 Å². The number of benzene rings is 1. The molecule has 0 spiro atoms. The lowest BCUT2D eigenvalue weighted by Gasteiger charge is -2.28. The van der Waals surface area contributed by atoms with E-state index in [1.54, 1.807) is 7.11 Å². The van der Waals surface area contributed by atoms with Gasteiger partial charge in [0.2, 0.25) is 5.91 Å². The molecule has 0 aliphatic heterocycles. The Labute approximate surface area is 132 Å². The number of hydrogen-bond acceptors (Lipinski definition) is 3. The predicted octanol–water partition coefficient (Wildman–Crippen LogP) is 2.56. The smallest absolute Gasteiger partial charge is 0.226 e. The van der Waals surface area contributed by atoms with E-state index in [0.29, 0.717) is 31.0 Å². The monoisotopic (exact) mass is 302 g/mol. The van der Waals surface area contributed by atoms with Crippen LogP contribution in [0.5, 0.6) is 5.75 Å². The van der Waals surface area contributed by atoms with E-state index in [1.165, 1.54) is 5.56 Å². The SMILES string of the molecule is COc1ccc(CN(C(=O)[C@@H]2CCC[C@@H]2CN)C2CC2)cc1. The van der Waals surface area contributed by atoms with Crippen LogP contribution in [0.3, 0.4) is 0 Å². The molecule has 1 aromatic rings. The first-order chi connectivity index (χ1) is 10.7. The van der Waals surface area contributed by atoms with E-state index in [9.17, 15) is 4.79 Å². The second-order valence-electron chi connectivity index (χ2n) is 6.58. The van der Waals surface area contributed by atoms with Crippen LogP contribution in [0, 0.1) is 11.8 Å². The molecule has 2 fully saturated rings. The molecular weight excluding hydrogens is 276 g/mol. The van der Waals surface area contributed by atoms with Gasteiger partial charge in [-0.3, -0.25) is 4.79 Å². The van der Waals surface area contributed by atoms with Crippen LogP contribution in [-0.4, -0.2) is 30.5 Å². The molecule has 4 heteroatoms.